The number of fused-ring (bicyclic) bond motifs is 1. The van der Waals surface area contributed by atoms with Crippen LogP contribution in [0.15, 0.2) is 67.1 Å². The van der Waals surface area contributed by atoms with Crippen molar-refractivity contribution in [2.75, 3.05) is 11.9 Å². The summed E-state index contributed by atoms with van der Waals surface area (Å²) < 4.78 is 7.59. The number of benzene rings is 2. The summed E-state index contributed by atoms with van der Waals surface area (Å²) in [5.41, 5.74) is 8.03. The normalized spacial score (nSPS) is 18.2. The monoisotopic (exact) mass is 476 g/mol. The quantitative estimate of drug-likeness (QED) is 0.414. The fourth-order valence-corrected chi connectivity index (χ4v) is 4.30. The summed E-state index contributed by atoms with van der Waals surface area (Å²) in [4.78, 5) is 30.0. The third kappa shape index (κ3) is 6.03. The highest BCUT2D eigenvalue weighted by Crippen LogP contribution is 2.34. The van der Waals surface area contributed by atoms with Crippen LogP contribution in [0.25, 0.3) is 0 Å². The third-order valence-corrected chi connectivity index (χ3v) is 6.29. The van der Waals surface area contributed by atoms with Gasteiger partial charge < -0.3 is 25.5 Å². The van der Waals surface area contributed by atoms with Gasteiger partial charge in [-0.15, -0.1) is 0 Å². The molecule has 1 heterocycles. The molecule has 0 spiro atoms. The maximum atomic E-state index is 13.1. The molecule has 0 bridgehead atoms. The lowest BCUT2D eigenvalue weighted by Gasteiger charge is -2.21. The first-order chi connectivity index (χ1) is 16.7. The summed E-state index contributed by atoms with van der Waals surface area (Å²) in [6, 6.07) is 17.3. The van der Waals surface area contributed by atoms with Crippen LogP contribution in [0.2, 0.25) is 0 Å². The number of aliphatic hydroxyl groups excluding tert-OH is 1. The van der Waals surface area contributed by atoms with E-state index in [1.54, 1.807) is 30.9 Å². The standard InChI is InChI=1S/C27H32N4O4/c1-27(2,28)23(33)13-20(16-35-15-18-8-4-3-5-9-18)26(34)30-24-14-31(17-29-24)25-21-11-7-6-10-19(21)12-22(25)32/h3-11,14,17,20,22,25,32H,12-13,15-16,28H2,1-2H3,(H,30,34)/t20?,22-,25?/m0/s1. The number of ether oxygens (including phenoxy) is 1. The van der Waals surface area contributed by atoms with E-state index in [1.165, 1.54) is 0 Å². The Morgan fingerprint density at radius 2 is 1.91 bits per heavy atom. The second-order valence-corrected chi connectivity index (χ2v) is 9.66. The summed E-state index contributed by atoms with van der Waals surface area (Å²) in [7, 11) is 0. The average molecular weight is 477 g/mol. The van der Waals surface area contributed by atoms with E-state index in [-0.39, 0.29) is 30.8 Å². The van der Waals surface area contributed by atoms with Crippen molar-refractivity contribution >= 4 is 17.5 Å². The van der Waals surface area contributed by atoms with Gasteiger partial charge in [-0.05, 0) is 30.5 Å². The lowest BCUT2D eigenvalue weighted by molar-refractivity contribution is -0.130. The van der Waals surface area contributed by atoms with Gasteiger partial charge >= 0.3 is 0 Å². The number of imidazole rings is 1. The Morgan fingerprint density at radius 3 is 2.66 bits per heavy atom. The largest absolute Gasteiger partial charge is 0.390 e. The number of aromatic nitrogens is 2. The SMILES string of the molecule is CC(C)(N)C(=O)CC(COCc1ccccc1)C(=O)Nc1cn(C2c3ccccc3C[C@@H]2O)cn1. The highest BCUT2D eigenvalue weighted by Gasteiger charge is 2.33. The van der Waals surface area contributed by atoms with Crippen molar-refractivity contribution < 1.29 is 19.4 Å². The van der Waals surface area contributed by atoms with Gasteiger partial charge in [-0.3, -0.25) is 9.59 Å². The van der Waals surface area contributed by atoms with Crippen LogP contribution in [0.3, 0.4) is 0 Å². The van der Waals surface area contributed by atoms with Crippen LogP contribution in [0.5, 0.6) is 0 Å². The maximum absolute atomic E-state index is 13.1. The summed E-state index contributed by atoms with van der Waals surface area (Å²) in [6.45, 7) is 3.65. The van der Waals surface area contributed by atoms with Gasteiger partial charge in [-0.1, -0.05) is 54.6 Å². The molecule has 0 aliphatic heterocycles. The van der Waals surface area contributed by atoms with Crippen LogP contribution >= 0.6 is 0 Å². The van der Waals surface area contributed by atoms with Crippen LogP contribution in [-0.4, -0.2) is 44.6 Å². The number of Topliss-reactive ketones (excluding diaryl/α,β-unsaturated/α-hetero) is 1. The zero-order chi connectivity index (χ0) is 25.0. The fourth-order valence-electron chi connectivity index (χ4n) is 4.30. The first kappa shape index (κ1) is 24.8. The number of amides is 1. The number of hydrogen-bond donors (Lipinski definition) is 3. The number of nitrogens with zero attached hydrogens (tertiary/aromatic N) is 2. The van der Waals surface area contributed by atoms with Crippen molar-refractivity contribution in [2.24, 2.45) is 11.7 Å². The van der Waals surface area contributed by atoms with E-state index in [0.29, 0.717) is 18.8 Å². The van der Waals surface area contributed by atoms with Gasteiger partial charge in [0.1, 0.15) is 0 Å². The molecule has 2 aromatic carbocycles. The number of carbonyl (C=O) groups is 2. The molecular formula is C27H32N4O4. The highest BCUT2D eigenvalue weighted by molar-refractivity contribution is 5.96. The average Bonchev–Trinajstić information content (AvgIpc) is 3.41. The van der Waals surface area contributed by atoms with Gasteiger partial charge in [0.25, 0.3) is 0 Å². The molecule has 35 heavy (non-hydrogen) atoms. The number of carbonyl (C=O) groups excluding carboxylic acids is 2. The van der Waals surface area contributed by atoms with E-state index in [1.807, 2.05) is 54.6 Å². The van der Waals surface area contributed by atoms with Crippen LogP contribution < -0.4 is 11.1 Å². The highest BCUT2D eigenvalue weighted by atomic mass is 16.5. The predicted octanol–water partition coefficient (Wildman–Crippen LogP) is 2.86. The number of hydrogen-bond acceptors (Lipinski definition) is 6. The lowest BCUT2D eigenvalue weighted by atomic mass is 9.91. The molecule has 1 aliphatic rings. The predicted molar refractivity (Wildman–Crippen MR) is 133 cm³/mol. The molecule has 2 unspecified atom stereocenters. The molecule has 1 aliphatic carbocycles. The first-order valence-electron chi connectivity index (χ1n) is 11.8. The van der Waals surface area contributed by atoms with Crippen molar-refractivity contribution in [3.05, 3.63) is 83.8 Å². The summed E-state index contributed by atoms with van der Waals surface area (Å²) in [5.74, 6) is -0.971. The summed E-state index contributed by atoms with van der Waals surface area (Å²) >= 11 is 0. The van der Waals surface area contributed by atoms with Crippen molar-refractivity contribution in [3.8, 4) is 0 Å². The molecule has 1 aromatic heterocycles. The van der Waals surface area contributed by atoms with Crippen molar-refractivity contribution in [3.63, 3.8) is 0 Å². The molecule has 184 valence electrons. The van der Waals surface area contributed by atoms with Gasteiger partial charge in [0, 0.05) is 19.0 Å². The molecule has 8 heteroatoms. The second-order valence-electron chi connectivity index (χ2n) is 9.66. The molecule has 4 N–H and O–H groups in total. The minimum Gasteiger partial charge on any atom is -0.390 e. The Kier molecular flexibility index (Phi) is 7.45. The van der Waals surface area contributed by atoms with Gasteiger partial charge in [-0.25, -0.2) is 4.98 Å². The van der Waals surface area contributed by atoms with Crippen LogP contribution in [0.1, 0.15) is 43.0 Å². The number of nitrogens with two attached hydrogens (primary N) is 1. The molecule has 3 atom stereocenters. The molecule has 1 amide bonds. The van der Waals surface area contributed by atoms with Crippen LogP contribution in [0, 0.1) is 5.92 Å². The van der Waals surface area contributed by atoms with E-state index in [9.17, 15) is 14.7 Å². The number of ketones is 1. The van der Waals surface area contributed by atoms with Crippen molar-refractivity contribution in [1.82, 2.24) is 9.55 Å². The Bertz CT molecular complexity index is 1170. The zero-order valence-corrected chi connectivity index (χ0v) is 20.1. The second kappa shape index (κ2) is 10.5. The van der Waals surface area contributed by atoms with Crippen LogP contribution in [0.4, 0.5) is 5.82 Å². The van der Waals surface area contributed by atoms with E-state index in [2.05, 4.69) is 10.3 Å². The van der Waals surface area contributed by atoms with E-state index in [0.717, 1.165) is 16.7 Å². The van der Waals surface area contributed by atoms with Gasteiger partial charge in [0.05, 0.1) is 43.1 Å². The zero-order valence-electron chi connectivity index (χ0n) is 20.1. The molecule has 0 radical (unpaired) electrons. The topological polar surface area (TPSA) is 119 Å². The van der Waals surface area contributed by atoms with Gasteiger partial charge in [0.2, 0.25) is 5.91 Å². The van der Waals surface area contributed by atoms with E-state index in [4.69, 9.17) is 10.5 Å². The number of aliphatic hydroxyl groups is 1. The summed E-state index contributed by atoms with van der Waals surface area (Å²) in [5, 5.41) is 13.4. The Labute approximate surface area is 205 Å². The minimum absolute atomic E-state index is 0.0421. The van der Waals surface area contributed by atoms with Crippen LogP contribution in [-0.2, 0) is 27.4 Å². The van der Waals surface area contributed by atoms with Crippen molar-refractivity contribution in [2.45, 2.75) is 51.0 Å². The first-order valence-corrected chi connectivity index (χ1v) is 11.8. The minimum atomic E-state index is -1.05. The lowest BCUT2D eigenvalue weighted by Crippen LogP contribution is -2.44. The molecule has 0 saturated heterocycles. The molecule has 0 saturated carbocycles. The Hall–Kier alpha value is -3.33. The van der Waals surface area contributed by atoms with Gasteiger partial charge in [-0.2, -0.15) is 0 Å². The third-order valence-electron chi connectivity index (χ3n) is 6.29. The molecule has 8 nitrogen and oxygen atoms in total. The molecule has 4 rings (SSSR count). The smallest absolute Gasteiger partial charge is 0.231 e. The molecule has 0 fully saturated rings. The van der Waals surface area contributed by atoms with E-state index >= 15 is 0 Å². The number of anilines is 1. The number of nitrogens with one attached hydrogen (secondary N) is 1. The fraction of sp³-hybridized carbons (Fsp3) is 0.370. The van der Waals surface area contributed by atoms with E-state index < -0.39 is 17.6 Å². The van der Waals surface area contributed by atoms with Crippen molar-refractivity contribution in [1.29, 1.82) is 0 Å². The molecular weight excluding hydrogens is 444 g/mol. The number of rotatable bonds is 10. The maximum Gasteiger partial charge on any atom is 0.231 e. The Morgan fingerprint density at radius 1 is 1.20 bits per heavy atom. The summed E-state index contributed by atoms with van der Waals surface area (Å²) in [6.07, 6.45) is 3.25. The Balaban J connectivity index is 1.44. The van der Waals surface area contributed by atoms with Gasteiger partial charge in [0.15, 0.2) is 11.6 Å². The molecule has 3 aromatic rings.